The molecule has 24 heavy (non-hydrogen) atoms. The zero-order chi connectivity index (χ0) is 17.9. The molecule has 0 atom stereocenters. The van der Waals surface area contributed by atoms with Crippen molar-refractivity contribution in [2.45, 2.75) is 13.1 Å². The number of hydrogen-bond acceptors (Lipinski definition) is 3. The van der Waals surface area contributed by atoms with Crippen molar-refractivity contribution in [3.05, 3.63) is 47.3 Å². The van der Waals surface area contributed by atoms with Crippen molar-refractivity contribution in [3.63, 3.8) is 0 Å². The van der Waals surface area contributed by atoms with Crippen molar-refractivity contribution in [1.29, 1.82) is 0 Å². The minimum absolute atomic E-state index is 0.0435. The van der Waals surface area contributed by atoms with Gasteiger partial charge in [-0.2, -0.15) is 13.2 Å². The van der Waals surface area contributed by atoms with Gasteiger partial charge in [0.2, 0.25) is 0 Å². The summed E-state index contributed by atoms with van der Waals surface area (Å²) in [7, 11) is 1.50. The van der Waals surface area contributed by atoms with E-state index in [9.17, 15) is 17.6 Å². The van der Waals surface area contributed by atoms with Gasteiger partial charge in [0, 0.05) is 11.6 Å². The Morgan fingerprint density at radius 2 is 1.62 bits per heavy atom. The first-order valence-electron chi connectivity index (χ1n) is 7.21. The zero-order valence-electron chi connectivity index (χ0n) is 13.2. The molecule has 0 aliphatic carbocycles. The molecule has 2 aromatic rings. The maximum absolute atomic E-state index is 13.7. The highest BCUT2D eigenvalue weighted by Crippen LogP contribution is 2.45. The first-order chi connectivity index (χ1) is 11.4. The Bertz CT molecular complexity index is 729. The summed E-state index contributed by atoms with van der Waals surface area (Å²) in [6, 6.07) is 6.06. The van der Waals surface area contributed by atoms with Crippen LogP contribution in [0.5, 0.6) is 11.5 Å². The Morgan fingerprint density at radius 1 is 0.958 bits per heavy atom. The second-order valence-corrected chi connectivity index (χ2v) is 5.02. The molecule has 0 amide bonds. The lowest BCUT2D eigenvalue weighted by Crippen LogP contribution is -2.17. The fourth-order valence-electron chi connectivity index (χ4n) is 2.45. The average molecular weight is 343 g/mol. The van der Waals surface area contributed by atoms with Crippen molar-refractivity contribution in [2.75, 3.05) is 20.3 Å². The fourth-order valence-corrected chi connectivity index (χ4v) is 2.45. The summed E-state index contributed by atoms with van der Waals surface area (Å²) < 4.78 is 64.2. The molecule has 3 nitrogen and oxygen atoms in total. The van der Waals surface area contributed by atoms with Crippen LogP contribution < -0.4 is 15.2 Å². The van der Waals surface area contributed by atoms with E-state index in [0.717, 1.165) is 18.2 Å². The molecule has 0 saturated heterocycles. The maximum Gasteiger partial charge on any atom is 0.417 e. The van der Waals surface area contributed by atoms with Crippen LogP contribution in [0.15, 0.2) is 30.3 Å². The van der Waals surface area contributed by atoms with Crippen molar-refractivity contribution in [1.82, 2.24) is 0 Å². The van der Waals surface area contributed by atoms with Crippen LogP contribution in [0.4, 0.5) is 17.6 Å². The molecule has 0 spiro atoms. The highest BCUT2D eigenvalue weighted by molar-refractivity contribution is 5.77. The highest BCUT2D eigenvalue weighted by Gasteiger charge is 2.35. The third-order valence-corrected chi connectivity index (χ3v) is 3.38. The summed E-state index contributed by atoms with van der Waals surface area (Å²) in [5.41, 5.74) is 4.06. The predicted molar refractivity (Wildman–Crippen MR) is 82.7 cm³/mol. The first kappa shape index (κ1) is 18.1. The average Bonchev–Trinajstić information content (AvgIpc) is 2.55. The normalized spacial score (nSPS) is 13.1. The molecule has 3 rings (SSSR count). The lowest BCUT2D eigenvalue weighted by molar-refractivity contribution is -0.137. The van der Waals surface area contributed by atoms with E-state index < -0.39 is 17.6 Å². The van der Waals surface area contributed by atoms with E-state index in [1.54, 1.807) is 13.0 Å². The highest BCUT2D eigenvalue weighted by atomic mass is 19.4. The van der Waals surface area contributed by atoms with Gasteiger partial charge in [-0.05, 0) is 31.7 Å². The van der Waals surface area contributed by atoms with Crippen LogP contribution in [-0.2, 0) is 6.18 Å². The Balaban J connectivity index is 0.00000100. The van der Waals surface area contributed by atoms with E-state index in [1.165, 1.54) is 13.1 Å². The van der Waals surface area contributed by atoms with Crippen LogP contribution in [0.1, 0.15) is 11.1 Å². The van der Waals surface area contributed by atoms with Crippen molar-refractivity contribution >= 4 is 0 Å². The summed E-state index contributed by atoms with van der Waals surface area (Å²) in [4.78, 5) is 0. The number of hydrogen-bond donors (Lipinski definition) is 1. The Kier molecular flexibility index (Phi) is 5.33. The number of nitrogens with two attached hydrogens (primary N) is 1. The first-order valence-corrected chi connectivity index (χ1v) is 7.21. The molecule has 0 unspecified atom stereocenters. The quantitative estimate of drug-likeness (QED) is 0.791. The van der Waals surface area contributed by atoms with E-state index in [0.29, 0.717) is 5.56 Å². The van der Waals surface area contributed by atoms with E-state index in [2.05, 4.69) is 5.73 Å². The second-order valence-electron chi connectivity index (χ2n) is 5.02. The molecular weight excluding hydrogens is 326 g/mol. The van der Waals surface area contributed by atoms with Crippen LogP contribution in [0.2, 0.25) is 0 Å². The monoisotopic (exact) mass is 343 g/mol. The number of fused-ring (bicyclic) bond motifs is 1. The maximum atomic E-state index is 13.7. The molecule has 2 aromatic carbocycles. The molecule has 7 heteroatoms. The van der Waals surface area contributed by atoms with Crippen LogP contribution in [-0.4, -0.2) is 20.3 Å². The van der Waals surface area contributed by atoms with Gasteiger partial charge in [0.1, 0.15) is 19.0 Å². The number of rotatable bonds is 1. The molecule has 0 aromatic heterocycles. The van der Waals surface area contributed by atoms with Gasteiger partial charge in [0.05, 0.1) is 5.56 Å². The smallest absolute Gasteiger partial charge is 0.417 e. The molecule has 0 radical (unpaired) electrons. The van der Waals surface area contributed by atoms with Crippen LogP contribution >= 0.6 is 0 Å². The van der Waals surface area contributed by atoms with E-state index in [-0.39, 0.29) is 35.8 Å². The molecule has 130 valence electrons. The van der Waals surface area contributed by atoms with Gasteiger partial charge in [-0.1, -0.05) is 17.7 Å². The lowest BCUT2D eigenvalue weighted by atomic mass is 9.96. The van der Waals surface area contributed by atoms with Gasteiger partial charge in [0.25, 0.3) is 0 Å². The van der Waals surface area contributed by atoms with Crippen molar-refractivity contribution < 1.29 is 27.0 Å². The van der Waals surface area contributed by atoms with E-state index in [4.69, 9.17) is 9.47 Å². The molecule has 2 N–H and O–H groups in total. The van der Waals surface area contributed by atoms with Gasteiger partial charge in [-0.3, -0.25) is 0 Å². The molecule has 0 saturated carbocycles. The molecular formula is C17H17F4NO2. The number of halogens is 4. The van der Waals surface area contributed by atoms with Crippen molar-refractivity contribution in [3.8, 4) is 22.6 Å². The van der Waals surface area contributed by atoms with E-state index >= 15 is 0 Å². The summed E-state index contributed by atoms with van der Waals surface area (Å²) in [6.07, 6.45) is -4.55. The molecule has 1 aliphatic heterocycles. The van der Waals surface area contributed by atoms with Gasteiger partial charge < -0.3 is 15.2 Å². The predicted octanol–water partition coefficient (Wildman–Crippen LogP) is 4.17. The SMILES string of the molecule is CN.Cc1ccc(-c2cc(F)cc3c2OCCO3)c(C(F)(F)F)c1. The van der Waals surface area contributed by atoms with Gasteiger partial charge >= 0.3 is 6.18 Å². The zero-order valence-corrected chi connectivity index (χ0v) is 13.2. The van der Waals surface area contributed by atoms with Crippen LogP contribution in [0, 0.1) is 12.7 Å². The van der Waals surface area contributed by atoms with Gasteiger partial charge in [-0.25, -0.2) is 4.39 Å². The topological polar surface area (TPSA) is 44.5 Å². The molecule has 1 aliphatic rings. The molecule has 1 heterocycles. The Morgan fingerprint density at radius 3 is 2.29 bits per heavy atom. The van der Waals surface area contributed by atoms with Crippen LogP contribution in [0.25, 0.3) is 11.1 Å². The van der Waals surface area contributed by atoms with Gasteiger partial charge in [0.15, 0.2) is 11.5 Å². The van der Waals surface area contributed by atoms with Gasteiger partial charge in [-0.15, -0.1) is 0 Å². The number of ether oxygens (including phenoxy) is 2. The molecule has 0 fully saturated rings. The minimum atomic E-state index is -4.55. The third-order valence-electron chi connectivity index (χ3n) is 3.38. The summed E-state index contributed by atoms with van der Waals surface area (Å²) in [5, 5.41) is 0. The van der Waals surface area contributed by atoms with Crippen LogP contribution in [0.3, 0.4) is 0 Å². The van der Waals surface area contributed by atoms with E-state index in [1.807, 2.05) is 0 Å². The number of alkyl halides is 3. The minimum Gasteiger partial charge on any atom is -0.486 e. The summed E-state index contributed by atoms with van der Waals surface area (Å²) >= 11 is 0. The Hall–Kier alpha value is -2.28. The third kappa shape index (κ3) is 3.62. The van der Waals surface area contributed by atoms with Crippen molar-refractivity contribution in [2.24, 2.45) is 5.73 Å². The second kappa shape index (κ2) is 7.09. The summed E-state index contributed by atoms with van der Waals surface area (Å²) in [6.45, 7) is 2.01. The summed E-state index contributed by atoms with van der Waals surface area (Å²) in [5.74, 6) is -0.412. The Labute approximate surface area is 137 Å². The largest absolute Gasteiger partial charge is 0.486 e. The lowest BCUT2D eigenvalue weighted by Gasteiger charge is -2.23. The fraction of sp³-hybridized carbons (Fsp3) is 0.294. The number of aryl methyl sites for hydroxylation is 1. The standard InChI is InChI=1S/C16H12F4O2.CH5N/c1-9-2-3-11(13(6-9)16(18,19)20)12-7-10(17)8-14-15(12)22-5-4-21-14;1-2/h2-3,6-8H,4-5H2,1H3;2H2,1H3. The number of benzene rings is 2. The molecule has 0 bridgehead atoms.